The molecule has 0 amide bonds. The van der Waals surface area contributed by atoms with Gasteiger partial charge in [-0.1, -0.05) is 36.4 Å². The molecule has 1 fully saturated rings. The van der Waals surface area contributed by atoms with Gasteiger partial charge in [0.2, 0.25) is 0 Å². The minimum atomic E-state index is -1.13. The lowest BCUT2D eigenvalue weighted by Crippen LogP contribution is -2.19. The van der Waals surface area contributed by atoms with E-state index in [0.717, 1.165) is 0 Å². The minimum Gasteiger partial charge on any atom is -0.0620 e. The van der Waals surface area contributed by atoms with Crippen LogP contribution in [0.3, 0.4) is 0 Å². The highest BCUT2D eigenvalue weighted by Gasteiger charge is 2.47. The number of hydrogen-bond donors (Lipinski definition) is 0. The number of benzene rings is 2. The molecule has 0 atom stereocenters. The Labute approximate surface area is 108 Å². The lowest BCUT2D eigenvalue weighted by molar-refractivity contribution is 1.14. The Morgan fingerprint density at radius 2 is 1.29 bits per heavy atom. The van der Waals surface area contributed by atoms with Crippen LogP contribution in [0.5, 0.6) is 0 Å². The predicted octanol–water partition coefficient (Wildman–Crippen LogP) is 3.71. The van der Waals surface area contributed by atoms with Crippen LogP contribution >= 0.6 is 17.8 Å². The second kappa shape index (κ2) is 4.84. The minimum absolute atomic E-state index is 1.13. The molecule has 0 radical (unpaired) electrons. The second-order valence-corrected chi connectivity index (χ2v) is 10.6. The maximum atomic E-state index is 2.32. The molecule has 1 aliphatic rings. The Hall–Kier alpha value is -0.780. The first-order chi connectivity index (χ1) is 8.42. The van der Waals surface area contributed by atoms with Gasteiger partial charge >= 0.3 is 0 Å². The SMILES string of the molecule is c1ccc([P+]2(c3ccccc3)CCCS2)cc1. The monoisotopic (exact) mass is 259 g/mol. The molecule has 2 heteroatoms. The Bertz CT molecular complexity index is 433. The van der Waals surface area contributed by atoms with E-state index >= 15 is 0 Å². The molecule has 0 bridgehead atoms. The van der Waals surface area contributed by atoms with Gasteiger partial charge in [-0.05, 0) is 30.7 Å². The maximum absolute atomic E-state index is 2.32. The number of rotatable bonds is 2. The molecule has 2 aromatic rings. The summed E-state index contributed by atoms with van der Waals surface area (Å²) in [7, 11) is 0. The van der Waals surface area contributed by atoms with Crippen LogP contribution < -0.4 is 10.6 Å². The third-order valence-electron chi connectivity index (χ3n) is 3.28. The van der Waals surface area contributed by atoms with Gasteiger partial charge < -0.3 is 0 Å². The molecule has 0 spiro atoms. The van der Waals surface area contributed by atoms with Gasteiger partial charge in [-0.3, -0.25) is 0 Å². The molecule has 2 aromatic carbocycles. The molecule has 3 rings (SSSR count). The van der Waals surface area contributed by atoms with Crippen LogP contribution in [0.2, 0.25) is 0 Å². The molecule has 0 aromatic heterocycles. The van der Waals surface area contributed by atoms with E-state index in [4.69, 9.17) is 0 Å². The van der Waals surface area contributed by atoms with E-state index in [-0.39, 0.29) is 0 Å². The standard InChI is InChI=1S/C15H16PS/c1-3-8-14(9-4-1)16(12-7-13-17-16)15-10-5-2-6-11-15/h1-6,8-11H,7,12-13H2/q+1. The van der Waals surface area contributed by atoms with Crippen LogP contribution in [-0.2, 0) is 0 Å². The summed E-state index contributed by atoms with van der Waals surface area (Å²) in [6.07, 6.45) is 2.73. The molecule has 0 nitrogen and oxygen atoms in total. The summed E-state index contributed by atoms with van der Waals surface area (Å²) in [6.45, 7) is -1.13. The van der Waals surface area contributed by atoms with Crippen LogP contribution in [0.25, 0.3) is 0 Å². The largest absolute Gasteiger partial charge is 0.138 e. The van der Waals surface area contributed by atoms with E-state index in [1.54, 1.807) is 10.6 Å². The third-order valence-corrected chi connectivity index (χ3v) is 11.1. The molecule has 0 N–H and O–H groups in total. The Morgan fingerprint density at radius 3 is 1.71 bits per heavy atom. The molecular formula is C15H16PS+. The lowest BCUT2D eigenvalue weighted by atomic mass is 10.4. The molecule has 1 aliphatic heterocycles. The summed E-state index contributed by atoms with van der Waals surface area (Å²) < 4.78 is 0. The molecule has 17 heavy (non-hydrogen) atoms. The van der Waals surface area contributed by atoms with E-state index in [1.807, 2.05) is 0 Å². The van der Waals surface area contributed by atoms with Crippen molar-refractivity contribution in [2.45, 2.75) is 6.42 Å². The van der Waals surface area contributed by atoms with Crippen LogP contribution in [0.1, 0.15) is 6.42 Å². The maximum Gasteiger partial charge on any atom is 0.138 e. The zero-order valence-corrected chi connectivity index (χ0v) is 11.5. The highest BCUT2D eigenvalue weighted by molar-refractivity contribution is 8.67. The van der Waals surface area contributed by atoms with Gasteiger partial charge in [0.05, 0.1) is 6.16 Å². The van der Waals surface area contributed by atoms with Gasteiger partial charge in [0, 0.05) is 17.1 Å². The van der Waals surface area contributed by atoms with Crippen molar-refractivity contribution >= 4 is 28.5 Å². The molecule has 0 unspecified atom stereocenters. The van der Waals surface area contributed by atoms with Crippen molar-refractivity contribution in [1.82, 2.24) is 0 Å². The third kappa shape index (κ3) is 2.03. The highest BCUT2D eigenvalue weighted by Crippen LogP contribution is 2.71. The van der Waals surface area contributed by atoms with E-state index in [2.05, 4.69) is 72.0 Å². The number of hydrogen-bond acceptors (Lipinski definition) is 1. The molecule has 0 aliphatic carbocycles. The Kier molecular flexibility index (Phi) is 3.22. The molecule has 1 saturated heterocycles. The van der Waals surface area contributed by atoms with E-state index in [9.17, 15) is 0 Å². The van der Waals surface area contributed by atoms with Crippen LogP contribution in [0.15, 0.2) is 60.7 Å². The summed E-state index contributed by atoms with van der Waals surface area (Å²) in [5.74, 6) is 1.32. The first-order valence-corrected chi connectivity index (χ1v) is 9.62. The fourth-order valence-corrected chi connectivity index (χ4v) is 10.1. The zero-order chi connectivity index (χ0) is 11.6. The average Bonchev–Trinajstić information content (AvgIpc) is 2.91. The average molecular weight is 259 g/mol. The fourth-order valence-electron chi connectivity index (χ4n) is 2.47. The summed E-state index contributed by atoms with van der Waals surface area (Å²) >= 11 is 2.21. The van der Waals surface area contributed by atoms with Crippen LogP contribution in [0.4, 0.5) is 0 Å². The van der Waals surface area contributed by atoms with Gasteiger partial charge in [0.25, 0.3) is 0 Å². The Morgan fingerprint density at radius 1 is 0.765 bits per heavy atom. The van der Waals surface area contributed by atoms with E-state index in [0.29, 0.717) is 0 Å². The van der Waals surface area contributed by atoms with Gasteiger partial charge in [-0.15, -0.1) is 0 Å². The van der Waals surface area contributed by atoms with Gasteiger partial charge in [-0.2, -0.15) is 0 Å². The van der Waals surface area contributed by atoms with Crippen molar-refractivity contribution < 1.29 is 0 Å². The topological polar surface area (TPSA) is 0 Å². The second-order valence-electron chi connectivity index (χ2n) is 4.32. The van der Waals surface area contributed by atoms with Crippen LogP contribution in [0, 0.1) is 0 Å². The predicted molar refractivity (Wildman–Crippen MR) is 81.0 cm³/mol. The molecule has 1 heterocycles. The quantitative estimate of drug-likeness (QED) is 0.741. The summed E-state index contributed by atoms with van der Waals surface area (Å²) in [6, 6.07) is 22.2. The molecule has 0 saturated carbocycles. The van der Waals surface area contributed by atoms with Crippen molar-refractivity contribution in [3.63, 3.8) is 0 Å². The highest BCUT2D eigenvalue weighted by atomic mass is 32.7. The van der Waals surface area contributed by atoms with Crippen molar-refractivity contribution in [2.24, 2.45) is 0 Å². The smallest absolute Gasteiger partial charge is 0.0620 e. The van der Waals surface area contributed by atoms with Gasteiger partial charge in [0.15, 0.2) is 0 Å². The summed E-state index contributed by atoms with van der Waals surface area (Å²) in [5.41, 5.74) is 0. The summed E-state index contributed by atoms with van der Waals surface area (Å²) in [5, 5.41) is 3.13. The fraction of sp³-hybridized carbons (Fsp3) is 0.200. The summed E-state index contributed by atoms with van der Waals surface area (Å²) in [4.78, 5) is 0. The van der Waals surface area contributed by atoms with Gasteiger partial charge in [-0.25, -0.2) is 0 Å². The van der Waals surface area contributed by atoms with Crippen molar-refractivity contribution in [3.05, 3.63) is 60.7 Å². The molecular weight excluding hydrogens is 243 g/mol. The van der Waals surface area contributed by atoms with Crippen LogP contribution in [-0.4, -0.2) is 11.9 Å². The first-order valence-electron chi connectivity index (χ1n) is 6.06. The Balaban J connectivity index is 2.11. The van der Waals surface area contributed by atoms with Crippen molar-refractivity contribution in [1.29, 1.82) is 0 Å². The lowest BCUT2D eigenvalue weighted by Gasteiger charge is -2.19. The van der Waals surface area contributed by atoms with Gasteiger partial charge in [0.1, 0.15) is 17.1 Å². The van der Waals surface area contributed by atoms with Crippen molar-refractivity contribution in [2.75, 3.05) is 11.9 Å². The normalized spacial score (nSPS) is 18.1. The van der Waals surface area contributed by atoms with E-state index in [1.165, 1.54) is 18.3 Å². The molecule has 86 valence electrons. The zero-order valence-electron chi connectivity index (χ0n) is 9.75. The van der Waals surface area contributed by atoms with E-state index < -0.39 is 6.46 Å². The first kappa shape index (κ1) is 11.3. The van der Waals surface area contributed by atoms with Crippen molar-refractivity contribution in [3.8, 4) is 0 Å².